The van der Waals surface area contributed by atoms with Gasteiger partial charge >= 0.3 is 13.1 Å². The fourth-order valence-corrected chi connectivity index (χ4v) is 4.51. The Balaban J connectivity index is 1.36. The number of esters is 1. The van der Waals surface area contributed by atoms with Crippen LogP contribution in [0.2, 0.25) is 0 Å². The number of rotatable bonds is 7. The maximum Gasteiger partial charge on any atom is 0.492 e. The van der Waals surface area contributed by atoms with E-state index in [4.69, 9.17) is 9.39 Å². The monoisotopic (exact) mass is 493 g/mol. The second kappa shape index (κ2) is 11.2. The van der Waals surface area contributed by atoms with E-state index in [0.717, 1.165) is 24.2 Å². The molecule has 0 radical (unpaired) electrons. The molecular formula is C26H32BN3O6. The van der Waals surface area contributed by atoms with Crippen LogP contribution in [0.4, 0.5) is 0 Å². The van der Waals surface area contributed by atoms with Crippen molar-refractivity contribution in [1.29, 1.82) is 0 Å². The van der Waals surface area contributed by atoms with Gasteiger partial charge in [-0.15, -0.1) is 0 Å². The number of nitrogens with zero attached hydrogens (tertiary/aromatic N) is 1. The highest BCUT2D eigenvalue weighted by molar-refractivity contribution is 6.62. The zero-order valence-corrected chi connectivity index (χ0v) is 20.9. The van der Waals surface area contributed by atoms with E-state index >= 15 is 0 Å². The minimum atomic E-state index is -1.06. The molecule has 4 rings (SSSR count). The molecule has 0 bridgehead atoms. The molecule has 9 nitrogen and oxygen atoms in total. The van der Waals surface area contributed by atoms with Gasteiger partial charge in [0, 0.05) is 37.3 Å². The number of nitrogens with one attached hydrogen (secondary N) is 2. The van der Waals surface area contributed by atoms with Crippen LogP contribution in [0.25, 0.3) is 0 Å². The molecule has 2 aromatic carbocycles. The van der Waals surface area contributed by atoms with Crippen molar-refractivity contribution in [3.8, 4) is 0 Å². The summed E-state index contributed by atoms with van der Waals surface area (Å²) in [6.07, 6.45) is 0. The average Bonchev–Trinajstić information content (AvgIpc) is 3.27. The minimum absolute atomic E-state index is 0.0106. The van der Waals surface area contributed by atoms with Gasteiger partial charge < -0.3 is 29.9 Å². The lowest BCUT2D eigenvalue weighted by molar-refractivity contribution is -0.148. The van der Waals surface area contributed by atoms with Crippen molar-refractivity contribution in [3.63, 3.8) is 0 Å². The summed E-state index contributed by atoms with van der Waals surface area (Å²) in [4.78, 5) is 40.3. The normalized spacial score (nSPS) is 16.0. The van der Waals surface area contributed by atoms with Crippen LogP contribution in [0.15, 0.2) is 36.4 Å². The first kappa shape index (κ1) is 25.9. The summed E-state index contributed by atoms with van der Waals surface area (Å²) in [6.45, 7) is 8.67. The van der Waals surface area contributed by atoms with Gasteiger partial charge in [-0.2, -0.15) is 0 Å². The molecule has 2 amide bonds. The smallest absolute Gasteiger partial charge is 0.459 e. The highest BCUT2D eigenvalue weighted by Crippen LogP contribution is 2.17. The van der Waals surface area contributed by atoms with Crippen LogP contribution in [-0.2, 0) is 27.4 Å². The van der Waals surface area contributed by atoms with Crippen molar-refractivity contribution in [2.75, 3.05) is 26.2 Å². The predicted molar refractivity (Wildman–Crippen MR) is 135 cm³/mol. The Morgan fingerprint density at radius 3 is 2.50 bits per heavy atom. The van der Waals surface area contributed by atoms with Gasteiger partial charge in [-0.05, 0) is 53.2 Å². The van der Waals surface area contributed by atoms with Crippen molar-refractivity contribution in [2.45, 2.75) is 40.0 Å². The number of amides is 2. The molecule has 1 saturated heterocycles. The Hall–Kier alpha value is -3.21. The predicted octanol–water partition coefficient (Wildman–Crippen LogP) is 0.756. The Bertz CT molecular complexity index is 1130. The Kier molecular flexibility index (Phi) is 8.08. The Morgan fingerprint density at radius 1 is 1.14 bits per heavy atom. The number of piperazine rings is 1. The molecule has 0 aromatic heterocycles. The summed E-state index contributed by atoms with van der Waals surface area (Å²) < 4.78 is 10.8. The molecule has 2 heterocycles. The topological polar surface area (TPSA) is 117 Å². The lowest BCUT2D eigenvalue weighted by atomic mass is 9.75. The van der Waals surface area contributed by atoms with Gasteiger partial charge in [-0.3, -0.25) is 9.59 Å². The molecule has 0 saturated carbocycles. The molecule has 1 atom stereocenters. The molecule has 2 aromatic rings. The summed E-state index contributed by atoms with van der Waals surface area (Å²) in [5, 5.41) is 16.1. The van der Waals surface area contributed by atoms with E-state index < -0.39 is 25.0 Å². The fraction of sp³-hybridized carbons (Fsp3) is 0.423. The lowest BCUT2D eigenvalue weighted by Crippen LogP contribution is -2.46. The third-order valence-electron chi connectivity index (χ3n) is 6.69. The van der Waals surface area contributed by atoms with Crippen LogP contribution in [0.3, 0.4) is 0 Å². The number of hydrogen-bond donors (Lipinski definition) is 3. The number of carbonyl (C=O) groups excluding carboxylic acids is 3. The molecule has 2 aliphatic rings. The van der Waals surface area contributed by atoms with E-state index in [-0.39, 0.29) is 18.4 Å². The van der Waals surface area contributed by atoms with E-state index in [1.807, 2.05) is 18.7 Å². The highest BCUT2D eigenvalue weighted by Gasteiger charge is 2.32. The molecule has 3 N–H and O–H groups in total. The van der Waals surface area contributed by atoms with Crippen LogP contribution in [-0.4, -0.2) is 67.0 Å². The molecule has 0 spiro atoms. The largest absolute Gasteiger partial charge is 0.492 e. The van der Waals surface area contributed by atoms with Crippen LogP contribution in [0.1, 0.15) is 51.3 Å². The fourth-order valence-electron chi connectivity index (χ4n) is 4.51. The molecule has 0 aliphatic carbocycles. The summed E-state index contributed by atoms with van der Waals surface area (Å²) in [5.41, 5.74) is 3.79. The van der Waals surface area contributed by atoms with E-state index in [0.29, 0.717) is 41.8 Å². The van der Waals surface area contributed by atoms with Crippen molar-refractivity contribution < 1.29 is 28.8 Å². The van der Waals surface area contributed by atoms with E-state index in [9.17, 15) is 19.4 Å². The van der Waals surface area contributed by atoms with Crippen LogP contribution < -0.4 is 16.1 Å². The summed E-state index contributed by atoms with van der Waals surface area (Å²) in [6, 6.07) is 9.61. The highest BCUT2D eigenvalue weighted by atomic mass is 16.5. The number of fused-ring (bicyclic) bond motifs is 1. The second-order valence-electron chi connectivity index (χ2n) is 9.52. The van der Waals surface area contributed by atoms with Crippen LogP contribution in [0.5, 0.6) is 0 Å². The summed E-state index contributed by atoms with van der Waals surface area (Å²) >= 11 is 0. The van der Waals surface area contributed by atoms with Gasteiger partial charge in [-0.1, -0.05) is 32.0 Å². The summed E-state index contributed by atoms with van der Waals surface area (Å²) in [7, 11) is -1.06. The van der Waals surface area contributed by atoms with E-state index in [2.05, 4.69) is 10.6 Å². The summed E-state index contributed by atoms with van der Waals surface area (Å²) in [5.74, 6) is -1.17. The quantitative estimate of drug-likeness (QED) is 0.385. The first-order valence-electron chi connectivity index (χ1n) is 12.2. The number of hydrogen-bond acceptors (Lipinski definition) is 7. The van der Waals surface area contributed by atoms with Crippen molar-refractivity contribution in [1.82, 2.24) is 15.5 Å². The molecule has 1 fully saturated rings. The third kappa shape index (κ3) is 5.61. The van der Waals surface area contributed by atoms with Gasteiger partial charge in [0.2, 0.25) is 0 Å². The Morgan fingerprint density at radius 2 is 1.83 bits per heavy atom. The number of benzene rings is 2. The van der Waals surface area contributed by atoms with Crippen LogP contribution >= 0.6 is 0 Å². The molecule has 0 unspecified atom stereocenters. The van der Waals surface area contributed by atoms with E-state index in [1.165, 1.54) is 0 Å². The van der Waals surface area contributed by atoms with Crippen molar-refractivity contribution >= 4 is 30.4 Å². The van der Waals surface area contributed by atoms with Gasteiger partial charge in [0.25, 0.3) is 11.8 Å². The maximum atomic E-state index is 13.0. The molecule has 36 heavy (non-hydrogen) atoms. The number of carbonyl (C=O) groups is 3. The van der Waals surface area contributed by atoms with Crippen molar-refractivity contribution in [3.05, 3.63) is 64.2 Å². The average molecular weight is 493 g/mol. The molecule has 10 heteroatoms. The van der Waals surface area contributed by atoms with Crippen molar-refractivity contribution in [2.24, 2.45) is 5.92 Å². The van der Waals surface area contributed by atoms with Gasteiger partial charge in [-0.25, -0.2) is 4.79 Å². The van der Waals surface area contributed by atoms with Gasteiger partial charge in [0.15, 0.2) is 0 Å². The standard InChI is InChI=1S/C26H32BN3O6/c1-16(2)23(29-24(31)21-9-8-20-15-36-27(34)22(20)17(21)3)26(33)35-14-18-4-6-19(7-5-18)25(32)30-12-10-28-11-13-30/h4-9,16,23,28,34H,10-15H2,1-3H3,(H,29,31)/t23-/m0/s1. The second-order valence-corrected chi connectivity index (χ2v) is 9.52. The molecule has 190 valence electrons. The Labute approximate surface area is 211 Å². The van der Waals surface area contributed by atoms with Gasteiger partial charge in [0.1, 0.15) is 12.6 Å². The third-order valence-corrected chi connectivity index (χ3v) is 6.69. The SMILES string of the molecule is Cc1c(C(=O)N[C@H](C(=O)OCc2ccc(C(=O)N3CCNCC3)cc2)C(C)C)ccc2c1B(O)OC2. The first-order valence-corrected chi connectivity index (χ1v) is 12.2. The zero-order valence-electron chi connectivity index (χ0n) is 20.9. The van der Waals surface area contributed by atoms with Crippen LogP contribution in [0, 0.1) is 12.8 Å². The number of ether oxygens (including phenoxy) is 1. The first-order chi connectivity index (χ1) is 17.3. The minimum Gasteiger partial charge on any atom is -0.459 e. The lowest BCUT2D eigenvalue weighted by Gasteiger charge is -2.27. The maximum absolute atomic E-state index is 13.0. The van der Waals surface area contributed by atoms with E-state index in [1.54, 1.807) is 43.3 Å². The molecule has 2 aliphatic heterocycles. The zero-order chi connectivity index (χ0) is 25.8. The molecular weight excluding hydrogens is 461 g/mol. The van der Waals surface area contributed by atoms with Gasteiger partial charge in [0.05, 0.1) is 6.61 Å².